The highest BCUT2D eigenvalue weighted by atomic mass is 19.1. The minimum atomic E-state index is -0.373. The lowest BCUT2D eigenvalue weighted by molar-refractivity contribution is -0.0801. The quantitative estimate of drug-likeness (QED) is 0.826. The van der Waals surface area contributed by atoms with Crippen molar-refractivity contribution in [1.82, 2.24) is 0 Å². The summed E-state index contributed by atoms with van der Waals surface area (Å²) in [5.74, 6) is 0.209. The molecule has 0 aromatic heterocycles. The maximum atomic E-state index is 13.5. The van der Waals surface area contributed by atoms with Crippen molar-refractivity contribution in [3.05, 3.63) is 29.6 Å². The Labute approximate surface area is 88.0 Å². The van der Waals surface area contributed by atoms with Gasteiger partial charge in [-0.1, -0.05) is 6.07 Å². The lowest BCUT2D eigenvalue weighted by Gasteiger charge is -2.28. The van der Waals surface area contributed by atoms with Gasteiger partial charge in [-0.3, -0.25) is 0 Å². The molecule has 1 aliphatic rings. The summed E-state index contributed by atoms with van der Waals surface area (Å²) in [5, 5.41) is 0. The van der Waals surface area contributed by atoms with Gasteiger partial charge in [0, 0.05) is 11.6 Å². The van der Waals surface area contributed by atoms with E-state index in [1.165, 1.54) is 6.07 Å². The molecule has 0 radical (unpaired) electrons. The van der Waals surface area contributed by atoms with Gasteiger partial charge in [0.1, 0.15) is 17.7 Å². The normalized spacial score (nSPS) is 18.3. The van der Waals surface area contributed by atoms with Crippen molar-refractivity contribution in [3.8, 4) is 5.75 Å². The third-order valence-corrected chi connectivity index (χ3v) is 2.37. The smallest absolute Gasteiger partial charge is 0.145 e. The maximum absolute atomic E-state index is 13.5. The van der Waals surface area contributed by atoms with Gasteiger partial charge in [-0.25, -0.2) is 4.39 Å². The fraction of sp³-hybridized carbons (Fsp3) is 0.455. The van der Waals surface area contributed by atoms with Crippen molar-refractivity contribution < 1.29 is 13.9 Å². The minimum Gasteiger partial charge on any atom is -0.485 e. The Kier molecular flexibility index (Phi) is 2.88. The molecule has 0 bridgehead atoms. The summed E-state index contributed by atoms with van der Waals surface area (Å²) < 4.78 is 24.0. The van der Waals surface area contributed by atoms with Gasteiger partial charge in [0.05, 0.1) is 13.2 Å². The Balaban J connectivity index is 2.23. The van der Waals surface area contributed by atoms with Crippen molar-refractivity contribution in [2.24, 2.45) is 5.73 Å². The van der Waals surface area contributed by atoms with E-state index in [-0.39, 0.29) is 18.0 Å². The topological polar surface area (TPSA) is 44.5 Å². The lowest BCUT2D eigenvalue weighted by Crippen LogP contribution is -2.39. The molecule has 1 saturated heterocycles. The third kappa shape index (κ3) is 2.11. The highest BCUT2D eigenvalue weighted by Crippen LogP contribution is 2.28. The van der Waals surface area contributed by atoms with E-state index in [1.807, 2.05) is 0 Å². The number of halogens is 1. The van der Waals surface area contributed by atoms with E-state index >= 15 is 0 Å². The van der Waals surface area contributed by atoms with Gasteiger partial charge in [-0.05, 0) is 19.1 Å². The number of benzene rings is 1. The van der Waals surface area contributed by atoms with Gasteiger partial charge >= 0.3 is 0 Å². The Bertz CT molecular complexity index is 350. The van der Waals surface area contributed by atoms with Crippen molar-refractivity contribution in [2.75, 3.05) is 13.2 Å². The Hall–Kier alpha value is -1.13. The summed E-state index contributed by atoms with van der Waals surface area (Å²) in [6.07, 6.45) is 0.0318. The molecule has 1 atom stereocenters. The molecule has 1 aliphatic heterocycles. The molecule has 0 amide bonds. The first-order valence-corrected chi connectivity index (χ1v) is 4.97. The first kappa shape index (κ1) is 10.4. The molecule has 82 valence electrons. The second kappa shape index (κ2) is 4.16. The molecule has 3 nitrogen and oxygen atoms in total. The van der Waals surface area contributed by atoms with Gasteiger partial charge < -0.3 is 15.2 Å². The van der Waals surface area contributed by atoms with Crippen LogP contribution in [-0.4, -0.2) is 19.3 Å². The summed E-state index contributed by atoms with van der Waals surface area (Å²) in [4.78, 5) is 0. The molecule has 1 heterocycles. The molecule has 1 fully saturated rings. The lowest BCUT2D eigenvalue weighted by atomic mass is 10.1. The van der Waals surface area contributed by atoms with Crippen LogP contribution in [0.1, 0.15) is 18.5 Å². The van der Waals surface area contributed by atoms with Crippen molar-refractivity contribution >= 4 is 0 Å². The SMILES string of the molecule is C[C@@H](N)c1c(F)cccc1OC1COC1. The average molecular weight is 211 g/mol. The molecule has 2 N–H and O–H groups in total. The zero-order chi connectivity index (χ0) is 10.8. The number of ether oxygens (including phenoxy) is 2. The van der Waals surface area contributed by atoms with Crippen LogP contribution in [0.2, 0.25) is 0 Å². The van der Waals surface area contributed by atoms with Gasteiger partial charge in [0.2, 0.25) is 0 Å². The fourth-order valence-electron chi connectivity index (χ4n) is 1.52. The molecule has 15 heavy (non-hydrogen) atoms. The third-order valence-electron chi connectivity index (χ3n) is 2.37. The van der Waals surface area contributed by atoms with Crippen LogP contribution in [0.25, 0.3) is 0 Å². The van der Waals surface area contributed by atoms with Crippen LogP contribution in [0, 0.1) is 5.82 Å². The van der Waals surface area contributed by atoms with E-state index in [1.54, 1.807) is 19.1 Å². The predicted molar refractivity (Wildman–Crippen MR) is 54.2 cm³/mol. The van der Waals surface area contributed by atoms with Crippen LogP contribution in [0.3, 0.4) is 0 Å². The molecular weight excluding hydrogens is 197 g/mol. The molecular formula is C11H14FNO2. The van der Waals surface area contributed by atoms with Gasteiger partial charge in [-0.2, -0.15) is 0 Å². The molecule has 0 unspecified atom stereocenters. The Morgan fingerprint density at radius 3 is 2.80 bits per heavy atom. The molecule has 0 aliphatic carbocycles. The van der Waals surface area contributed by atoms with Gasteiger partial charge in [0.15, 0.2) is 0 Å². The Morgan fingerprint density at radius 2 is 2.27 bits per heavy atom. The van der Waals surface area contributed by atoms with Crippen LogP contribution in [0.4, 0.5) is 4.39 Å². The zero-order valence-corrected chi connectivity index (χ0v) is 8.57. The van der Waals surface area contributed by atoms with E-state index in [2.05, 4.69) is 0 Å². The average Bonchev–Trinajstić information content (AvgIpc) is 2.10. The van der Waals surface area contributed by atoms with E-state index in [4.69, 9.17) is 15.2 Å². The van der Waals surface area contributed by atoms with Crippen LogP contribution in [0.5, 0.6) is 5.75 Å². The number of hydrogen-bond donors (Lipinski definition) is 1. The standard InChI is InChI=1S/C11H14FNO2/c1-7(13)11-9(12)3-2-4-10(11)15-8-5-14-6-8/h2-4,7-8H,5-6,13H2,1H3/t7-/m1/s1. The summed E-state index contributed by atoms with van der Waals surface area (Å²) in [6, 6.07) is 4.38. The summed E-state index contributed by atoms with van der Waals surface area (Å²) >= 11 is 0. The minimum absolute atomic E-state index is 0.0318. The van der Waals surface area contributed by atoms with E-state index in [9.17, 15) is 4.39 Å². The van der Waals surface area contributed by atoms with E-state index < -0.39 is 0 Å². The highest BCUT2D eigenvalue weighted by molar-refractivity contribution is 5.37. The van der Waals surface area contributed by atoms with Crippen molar-refractivity contribution in [1.29, 1.82) is 0 Å². The van der Waals surface area contributed by atoms with Crippen molar-refractivity contribution in [2.45, 2.75) is 19.1 Å². The monoisotopic (exact) mass is 211 g/mol. The van der Waals surface area contributed by atoms with E-state index in [0.717, 1.165) is 0 Å². The summed E-state index contributed by atoms with van der Waals surface area (Å²) in [7, 11) is 0. The van der Waals surface area contributed by atoms with Crippen molar-refractivity contribution in [3.63, 3.8) is 0 Å². The first-order valence-electron chi connectivity index (χ1n) is 4.97. The first-order chi connectivity index (χ1) is 7.18. The predicted octanol–water partition coefficient (Wildman–Crippen LogP) is 1.62. The van der Waals surface area contributed by atoms with E-state index in [0.29, 0.717) is 24.5 Å². The zero-order valence-electron chi connectivity index (χ0n) is 8.57. The largest absolute Gasteiger partial charge is 0.485 e. The molecule has 0 saturated carbocycles. The van der Waals surface area contributed by atoms with Crippen LogP contribution >= 0.6 is 0 Å². The van der Waals surface area contributed by atoms with Gasteiger partial charge in [0.25, 0.3) is 0 Å². The van der Waals surface area contributed by atoms with Gasteiger partial charge in [-0.15, -0.1) is 0 Å². The second-order valence-corrected chi connectivity index (χ2v) is 3.72. The molecule has 1 aromatic rings. The maximum Gasteiger partial charge on any atom is 0.145 e. The van der Waals surface area contributed by atoms with Crippen LogP contribution < -0.4 is 10.5 Å². The Morgan fingerprint density at radius 1 is 1.53 bits per heavy atom. The second-order valence-electron chi connectivity index (χ2n) is 3.72. The summed E-state index contributed by atoms with van der Waals surface area (Å²) in [6.45, 7) is 2.87. The fourth-order valence-corrected chi connectivity index (χ4v) is 1.52. The summed E-state index contributed by atoms with van der Waals surface area (Å²) in [5.41, 5.74) is 6.13. The van der Waals surface area contributed by atoms with Crippen LogP contribution in [-0.2, 0) is 4.74 Å². The number of nitrogens with two attached hydrogens (primary N) is 1. The number of hydrogen-bond acceptors (Lipinski definition) is 3. The molecule has 0 spiro atoms. The highest BCUT2D eigenvalue weighted by Gasteiger charge is 2.23. The van der Waals surface area contributed by atoms with Crippen LogP contribution in [0.15, 0.2) is 18.2 Å². The number of rotatable bonds is 3. The molecule has 1 aromatic carbocycles. The molecule has 2 rings (SSSR count). The molecule has 4 heteroatoms.